The molecule has 0 radical (unpaired) electrons. The minimum atomic E-state index is -0.711. The van der Waals surface area contributed by atoms with Crippen LogP contribution in [0.1, 0.15) is 19.3 Å². The summed E-state index contributed by atoms with van der Waals surface area (Å²) in [5.74, 6) is 0.256. The van der Waals surface area contributed by atoms with Crippen molar-refractivity contribution in [3.05, 3.63) is 24.4 Å². The molecule has 1 N–H and O–H groups in total. The maximum atomic E-state index is 10.2. The lowest BCUT2D eigenvalue weighted by Crippen LogP contribution is -1.93. The Morgan fingerprint density at radius 2 is 2.27 bits per heavy atom. The molecule has 82 valence electrons. The quantitative estimate of drug-likeness (QED) is 0.589. The monoisotopic (exact) mass is 243 g/mol. The number of pyridine rings is 1. The van der Waals surface area contributed by atoms with Crippen molar-refractivity contribution in [2.24, 2.45) is 0 Å². The fourth-order valence-corrected chi connectivity index (χ4v) is 2.96. The minimum absolute atomic E-state index is 0.273. The number of hydrogen-bond donors (Lipinski definition) is 1. The number of hydrogen-bond acceptors (Lipinski definition) is 4. The fourth-order valence-electron chi connectivity index (χ4n) is 0.936. The van der Waals surface area contributed by atoms with Crippen molar-refractivity contribution >= 4 is 27.6 Å². The first-order valence-electron chi connectivity index (χ1n) is 4.71. The Morgan fingerprint density at radius 1 is 1.40 bits per heavy atom. The molecular weight excluding hydrogens is 230 g/mol. The van der Waals surface area contributed by atoms with Crippen molar-refractivity contribution in [3.63, 3.8) is 0 Å². The molecule has 0 saturated heterocycles. The third-order valence-electron chi connectivity index (χ3n) is 1.65. The molecule has 1 aromatic rings. The van der Waals surface area contributed by atoms with Crippen LogP contribution in [0.3, 0.4) is 0 Å². The van der Waals surface area contributed by atoms with E-state index in [1.54, 1.807) is 27.8 Å². The summed E-state index contributed by atoms with van der Waals surface area (Å²) in [5, 5.41) is 9.43. The maximum Gasteiger partial charge on any atom is 0.303 e. The lowest BCUT2D eigenvalue weighted by Gasteiger charge is -1.99. The standard InChI is InChI=1S/C10H13NO2S2/c12-10(13)6-2-4-8-14-15-9-5-1-3-7-11-9/h1,3,5,7H,2,4,6,8H2,(H,12,13). The highest BCUT2D eigenvalue weighted by atomic mass is 33.1. The van der Waals surface area contributed by atoms with Crippen LogP contribution in [0.25, 0.3) is 0 Å². The normalized spacial score (nSPS) is 10.1. The molecule has 0 aliphatic rings. The van der Waals surface area contributed by atoms with E-state index in [9.17, 15) is 4.79 Å². The van der Waals surface area contributed by atoms with E-state index in [4.69, 9.17) is 5.11 Å². The molecule has 5 heteroatoms. The number of aliphatic carboxylic acids is 1. The number of carboxylic acid groups (broad SMARTS) is 1. The molecule has 0 amide bonds. The zero-order valence-electron chi connectivity index (χ0n) is 8.26. The van der Waals surface area contributed by atoms with Crippen molar-refractivity contribution < 1.29 is 9.90 Å². The van der Waals surface area contributed by atoms with Gasteiger partial charge in [0.05, 0.1) is 0 Å². The molecule has 15 heavy (non-hydrogen) atoms. The Hall–Kier alpha value is -0.680. The lowest BCUT2D eigenvalue weighted by atomic mass is 10.3. The molecule has 0 bridgehead atoms. The van der Waals surface area contributed by atoms with E-state index < -0.39 is 5.97 Å². The van der Waals surface area contributed by atoms with E-state index in [1.165, 1.54) is 0 Å². The third kappa shape index (κ3) is 6.41. The fraction of sp³-hybridized carbons (Fsp3) is 0.400. The van der Waals surface area contributed by atoms with Gasteiger partial charge in [-0.2, -0.15) is 0 Å². The van der Waals surface area contributed by atoms with Gasteiger partial charge in [0.1, 0.15) is 5.03 Å². The number of unbranched alkanes of at least 4 members (excludes halogenated alkanes) is 1. The van der Waals surface area contributed by atoms with Gasteiger partial charge >= 0.3 is 5.97 Å². The van der Waals surface area contributed by atoms with Gasteiger partial charge in [0.25, 0.3) is 0 Å². The van der Waals surface area contributed by atoms with E-state index in [2.05, 4.69) is 4.98 Å². The summed E-state index contributed by atoms with van der Waals surface area (Å²) >= 11 is 0. The van der Waals surface area contributed by atoms with Crippen molar-refractivity contribution in [1.29, 1.82) is 0 Å². The zero-order chi connectivity index (χ0) is 10.9. The van der Waals surface area contributed by atoms with Crippen molar-refractivity contribution in [3.8, 4) is 0 Å². The van der Waals surface area contributed by atoms with Gasteiger partial charge in [-0.05, 0) is 35.8 Å². The first-order chi connectivity index (χ1) is 7.29. The number of carboxylic acids is 1. The van der Waals surface area contributed by atoms with E-state index in [-0.39, 0.29) is 6.42 Å². The maximum absolute atomic E-state index is 10.2. The van der Waals surface area contributed by atoms with Crippen LogP contribution >= 0.6 is 21.6 Å². The zero-order valence-corrected chi connectivity index (χ0v) is 9.89. The molecule has 0 atom stereocenters. The second-order valence-corrected chi connectivity index (χ2v) is 5.36. The van der Waals surface area contributed by atoms with Crippen LogP contribution in [0.15, 0.2) is 29.4 Å². The van der Waals surface area contributed by atoms with Crippen LogP contribution in [0.5, 0.6) is 0 Å². The van der Waals surface area contributed by atoms with Gasteiger partial charge in [-0.25, -0.2) is 4.98 Å². The molecule has 1 heterocycles. The summed E-state index contributed by atoms with van der Waals surface area (Å²) < 4.78 is 0. The Morgan fingerprint density at radius 3 is 2.93 bits per heavy atom. The van der Waals surface area contributed by atoms with Gasteiger partial charge in [0.15, 0.2) is 0 Å². The van der Waals surface area contributed by atoms with Gasteiger partial charge < -0.3 is 5.11 Å². The molecule has 1 rings (SSSR count). The summed E-state index contributed by atoms with van der Waals surface area (Å²) in [6.07, 6.45) is 3.74. The van der Waals surface area contributed by atoms with Crippen molar-refractivity contribution in [2.75, 3.05) is 5.75 Å². The van der Waals surface area contributed by atoms with Gasteiger partial charge in [-0.15, -0.1) is 0 Å². The summed E-state index contributed by atoms with van der Waals surface area (Å²) in [5.41, 5.74) is 0. The Balaban J connectivity index is 2.00. The SMILES string of the molecule is O=C(O)CCCCSSc1ccccn1. The first-order valence-corrected chi connectivity index (χ1v) is 7.03. The van der Waals surface area contributed by atoms with Crippen LogP contribution in [-0.4, -0.2) is 21.8 Å². The average Bonchev–Trinajstić information content (AvgIpc) is 2.24. The summed E-state index contributed by atoms with van der Waals surface area (Å²) in [6.45, 7) is 0. The molecule has 0 saturated carbocycles. The highest BCUT2D eigenvalue weighted by Gasteiger charge is 1.98. The van der Waals surface area contributed by atoms with E-state index in [1.807, 2.05) is 18.2 Å². The van der Waals surface area contributed by atoms with Gasteiger partial charge in [0.2, 0.25) is 0 Å². The molecule has 0 aromatic carbocycles. The molecule has 0 unspecified atom stereocenters. The highest BCUT2D eigenvalue weighted by Crippen LogP contribution is 2.29. The van der Waals surface area contributed by atoms with Crippen molar-refractivity contribution in [1.82, 2.24) is 4.98 Å². The van der Waals surface area contributed by atoms with Gasteiger partial charge in [0, 0.05) is 18.4 Å². The summed E-state index contributed by atoms with van der Waals surface area (Å²) in [6, 6.07) is 5.82. The number of nitrogens with zero attached hydrogens (tertiary/aromatic N) is 1. The number of aromatic nitrogens is 1. The van der Waals surface area contributed by atoms with Gasteiger partial charge in [-0.3, -0.25) is 4.79 Å². The molecule has 0 fully saturated rings. The number of carbonyl (C=O) groups is 1. The highest BCUT2D eigenvalue weighted by molar-refractivity contribution is 8.76. The number of rotatable bonds is 7. The molecule has 0 aliphatic carbocycles. The third-order valence-corrected chi connectivity index (χ3v) is 4.00. The smallest absolute Gasteiger partial charge is 0.303 e. The Bertz CT molecular complexity index is 293. The summed E-state index contributed by atoms with van der Waals surface area (Å²) in [7, 11) is 3.36. The van der Waals surface area contributed by atoms with Crippen LogP contribution in [0, 0.1) is 0 Å². The lowest BCUT2D eigenvalue weighted by molar-refractivity contribution is -0.137. The molecule has 0 aliphatic heterocycles. The minimum Gasteiger partial charge on any atom is -0.481 e. The average molecular weight is 243 g/mol. The predicted molar refractivity (Wildman–Crippen MR) is 64.0 cm³/mol. The summed E-state index contributed by atoms with van der Waals surface area (Å²) in [4.78, 5) is 14.4. The van der Waals surface area contributed by atoms with E-state index in [0.29, 0.717) is 0 Å². The molecule has 0 spiro atoms. The van der Waals surface area contributed by atoms with Crippen LogP contribution < -0.4 is 0 Å². The Kier molecular flexibility index (Phi) is 6.27. The van der Waals surface area contributed by atoms with Crippen molar-refractivity contribution in [2.45, 2.75) is 24.3 Å². The van der Waals surface area contributed by atoms with Crippen LogP contribution in [-0.2, 0) is 4.79 Å². The second kappa shape index (κ2) is 7.59. The molecule has 3 nitrogen and oxygen atoms in total. The largest absolute Gasteiger partial charge is 0.481 e. The Labute approximate surface area is 97.1 Å². The van der Waals surface area contributed by atoms with Crippen LogP contribution in [0.4, 0.5) is 0 Å². The second-order valence-electron chi connectivity index (χ2n) is 2.92. The first kappa shape index (κ1) is 12.4. The molecular formula is C10H13NO2S2. The van der Waals surface area contributed by atoms with Crippen LogP contribution in [0.2, 0.25) is 0 Å². The topological polar surface area (TPSA) is 50.2 Å². The molecule has 1 aromatic heterocycles. The van der Waals surface area contributed by atoms with Gasteiger partial charge in [-0.1, -0.05) is 16.9 Å². The van der Waals surface area contributed by atoms with E-state index >= 15 is 0 Å². The predicted octanol–water partition coefficient (Wildman–Crippen LogP) is 3.08. The van der Waals surface area contributed by atoms with E-state index in [0.717, 1.165) is 23.6 Å².